The van der Waals surface area contributed by atoms with Crippen LogP contribution < -0.4 is 0 Å². The summed E-state index contributed by atoms with van der Waals surface area (Å²) in [7, 11) is 0. The summed E-state index contributed by atoms with van der Waals surface area (Å²) in [6, 6.07) is 0. The fourth-order valence-corrected chi connectivity index (χ4v) is 1.68. The third kappa shape index (κ3) is 4.64. The molecule has 3 heteroatoms. The summed E-state index contributed by atoms with van der Waals surface area (Å²) in [4.78, 5) is 4.25. The van der Waals surface area contributed by atoms with Crippen LogP contribution >= 0.6 is 22.6 Å². The van der Waals surface area contributed by atoms with Gasteiger partial charge in [0.2, 0.25) is 0 Å². The van der Waals surface area contributed by atoms with Crippen LogP contribution in [0.15, 0.2) is 10.7 Å². The van der Waals surface area contributed by atoms with Crippen molar-refractivity contribution in [3.05, 3.63) is 15.9 Å². The minimum absolute atomic E-state index is 0.890. The van der Waals surface area contributed by atoms with Gasteiger partial charge >= 0.3 is 0 Å². The van der Waals surface area contributed by atoms with Gasteiger partial charge < -0.3 is 4.42 Å². The minimum atomic E-state index is 0.890. The van der Waals surface area contributed by atoms with Crippen LogP contribution in [0, 0.1) is 3.70 Å². The molecule has 13 heavy (non-hydrogen) atoms. The normalized spacial score (nSPS) is 10.6. The number of oxazole rings is 1. The van der Waals surface area contributed by atoms with Gasteiger partial charge in [0.15, 0.2) is 5.89 Å². The minimum Gasteiger partial charge on any atom is -0.448 e. The Hall–Kier alpha value is -0.0600. The monoisotopic (exact) mass is 293 g/mol. The van der Waals surface area contributed by atoms with E-state index in [4.69, 9.17) is 4.42 Å². The number of unbranched alkanes of at least 4 members (excludes halogenated alkanes) is 4. The van der Waals surface area contributed by atoms with E-state index in [1.165, 1.54) is 32.1 Å². The second-order valence-electron chi connectivity index (χ2n) is 3.23. The lowest BCUT2D eigenvalue weighted by molar-refractivity contribution is 0.478. The fraction of sp³-hybridized carbons (Fsp3) is 0.700. The van der Waals surface area contributed by atoms with Crippen LogP contribution in [0.25, 0.3) is 0 Å². The predicted octanol–water partition coefficient (Wildman–Crippen LogP) is 3.79. The Labute approximate surface area is 93.3 Å². The molecule has 74 valence electrons. The van der Waals surface area contributed by atoms with Crippen LogP contribution in [0.4, 0.5) is 0 Å². The predicted molar refractivity (Wildman–Crippen MR) is 61.7 cm³/mol. The zero-order chi connectivity index (χ0) is 9.52. The summed E-state index contributed by atoms with van der Waals surface area (Å²) < 4.78 is 6.21. The van der Waals surface area contributed by atoms with E-state index in [0.29, 0.717) is 0 Å². The zero-order valence-electron chi connectivity index (χ0n) is 8.05. The standard InChI is InChI=1S/C10H16INO/c1-2-3-4-5-6-7-10-12-9(11)8-13-10/h8H,2-7H2,1H3. The van der Waals surface area contributed by atoms with Crippen molar-refractivity contribution in [2.75, 3.05) is 0 Å². The van der Waals surface area contributed by atoms with E-state index in [1.807, 2.05) is 0 Å². The second-order valence-corrected chi connectivity index (χ2v) is 4.33. The van der Waals surface area contributed by atoms with Crippen molar-refractivity contribution in [2.45, 2.75) is 45.4 Å². The maximum Gasteiger partial charge on any atom is 0.195 e. The van der Waals surface area contributed by atoms with Crippen molar-refractivity contribution in [1.29, 1.82) is 0 Å². The SMILES string of the molecule is CCCCCCCc1nc(I)co1. The maximum absolute atomic E-state index is 5.25. The van der Waals surface area contributed by atoms with E-state index >= 15 is 0 Å². The first-order valence-electron chi connectivity index (χ1n) is 4.93. The molecule has 1 aromatic heterocycles. The van der Waals surface area contributed by atoms with Crippen molar-refractivity contribution < 1.29 is 4.42 Å². The quantitative estimate of drug-likeness (QED) is 0.589. The molecule has 0 N–H and O–H groups in total. The molecular weight excluding hydrogens is 277 g/mol. The van der Waals surface area contributed by atoms with Gasteiger partial charge in [-0.3, -0.25) is 0 Å². The molecule has 0 saturated heterocycles. The molecule has 0 radical (unpaired) electrons. The van der Waals surface area contributed by atoms with E-state index in [-0.39, 0.29) is 0 Å². The summed E-state index contributed by atoms with van der Waals surface area (Å²) in [5.74, 6) is 0.890. The highest BCUT2D eigenvalue weighted by molar-refractivity contribution is 14.1. The molecule has 0 spiro atoms. The summed E-state index contributed by atoms with van der Waals surface area (Å²) in [6.07, 6.45) is 9.20. The largest absolute Gasteiger partial charge is 0.448 e. The van der Waals surface area contributed by atoms with E-state index in [9.17, 15) is 0 Å². The average molecular weight is 293 g/mol. The Bertz CT molecular complexity index is 235. The summed E-state index contributed by atoms with van der Waals surface area (Å²) >= 11 is 2.17. The highest BCUT2D eigenvalue weighted by Crippen LogP contribution is 2.09. The number of nitrogens with zero attached hydrogens (tertiary/aromatic N) is 1. The van der Waals surface area contributed by atoms with Gasteiger partial charge in [0.05, 0.1) is 0 Å². The molecule has 0 aliphatic rings. The number of rotatable bonds is 6. The Morgan fingerprint density at radius 2 is 2.08 bits per heavy atom. The molecule has 0 unspecified atom stereocenters. The van der Waals surface area contributed by atoms with Gasteiger partial charge in [0.25, 0.3) is 0 Å². The van der Waals surface area contributed by atoms with Gasteiger partial charge in [0, 0.05) is 6.42 Å². The fourth-order valence-electron chi connectivity index (χ4n) is 1.28. The highest BCUT2D eigenvalue weighted by Gasteiger charge is 2.00. The Morgan fingerprint density at radius 1 is 1.31 bits per heavy atom. The molecule has 1 heterocycles. The van der Waals surface area contributed by atoms with Gasteiger partial charge in [-0.2, -0.15) is 0 Å². The van der Waals surface area contributed by atoms with Gasteiger partial charge in [-0.25, -0.2) is 4.98 Å². The number of halogens is 1. The van der Waals surface area contributed by atoms with Crippen LogP contribution in [-0.2, 0) is 6.42 Å². The summed E-state index contributed by atoms with van der Waals surface area (Å²) in [5, 5.41) is 0. The highest BCUT2D eigenvalue weighted by atomic mass is 127. The van der Waals surface area contributed by atoms with Gasteiger partial charge in [0.1, 0.15) is 9.96 Å². The van der Waals surface area contributed by atoms with E-state index in [1.54, 1.807) is 6.26 Å². The van der Waals surface area contributed by atoms with Crippen molar-refractivity contribution in [2.24, 2.45) is 0 Å². The number of aromatic nitrogens is 1. The van der Waals surface area contributed by atoms with Crippen LogP contribution in [0.3, 0.4) is 0 Å². The van der Waals surface area contributed by atoms with Crippen molar-refractivity contribution >= 4 is 22.6 Å². The average Bonchev–Trinajstić information content (AvgIpc) is 2.51. The molecule has 0 bridgehead atoms. The second kappa shape index (κ2) is 6.40. The Kier molecular flexibility index (Phi) is 5.43. The molecule has 0 atom stereocenters. The first-order valence-corrected chi connectivity index (χ1v) is 6.00. The van der Waals surface area contributed by atoms with Crippen molar-refractivity contribution in [1.82, 2.24) is 4.98 Å². The van der Waals surface area contributed by atoms with Gasteiger partial charge in [-0.05, 0) is 29.0 Å². The van der Waals surface area contributed by atoms with Crippen molar-refractivity contribution in [3.63, 3.8) is 0 Å². The molecule has 0 aliphatic heterocycles. The molecule has 0 amide bonds. The zero-order valence-corrected chi connectivity index (χ0v) is 10.2. The number of aryl methyl sites for hydroxylation is 1. The Balaban J connectivity index is 2.06. The van der Waals surface area contributed by atoms with Gasteiger partial charge in [-0.1, -0.05) is 32.6 Å². The molecule has 1 aromatic rings. The third-order valence-electron chi connectivity index (χ3n) is 2.02. The molecule has 0 fully saturated rings. The summed E-state index contributed by atoms with van der Waals surface area (Å²) in [6.45, 7) is 2.23. The molecule has 0 aromatic carbocycles. The third-order valence-corrected chi connectivity index (χ3v) is 2.51. The summed E-state index contributed by atoms with van der Waals surface area (Å²) in [5.41, 5.74) is 0. The molecule has 0 aliphatic carbocycles. The lowest BCUT2D eigenvalue weighted by Gasteiger charge is -1.96. The van der Waals surface area contributed by atoms with Crippen LogP contribution in [-0.4, -0.2) is 4.98 Å². The lowest BCUT2D eigenvalue weighted by Crippen LogP contribution is -1.86. The van der Waals surface area contributed by atoms with Crippen LogP contribution in [0.2, 0.25) is 0 Å². The topological polar surface area (TPSA) is 26.0 Å². The van der Waals surface area contributed by atoms with E-state index < -0.39 is 0 Å². The van der Waals surface area contributed by atoms with E-state index in [0.717, 1.165) is 16.0 Å². The first kappa shape index (κ1) is 11.0. The van der Waals surface area contributed by atoms with Crippen molar-refractivity contribution in [3.8, 4) is 0 Å². The number of hydrogen-bond donors (Lipinski definition) is 0. The molecule has 2 nitrogen and oxygen atoms in total. The van der Waals surface area contributed by atoms with Crippen LogP contribution in [0.5, 0.6) is 0 Å². The maximum atomic E-state index is 5.25. The molecule has 1 rings (SSSR count). The molecular formula is C10H16INO. The smallest absolute Gasteiger partial charge is 0.195 e. The van der Waals surface area contributed by atoms with E-state index in [2.05, 4.69) is 34.5 Å². The van der Waals surface area contributed by atoms with Crippen LogP contribution in [0.1, 0.15) is 44.9 Å². The molecule has 0 saturated carbocycles. The first-order chi connectivity index (χ1) is 6.33. The van der Waals surface area contributed by atoms with Gasteiger partial charge in [-0.15, -0.1) is 0 Å². The Morgan fingerprint density at radius 3 is 2.69 bits per heavy atom. The lowest BCUT2D eigenvalue weighted by atomic mass is 10.1. The number of hydrogen-bond acceptors (Lipinski definition) is 2.